The molecule has 1 aliphatic heterocycles. The number of nitrogens with one attached hydrogen (secondary N) is 1. The fourth-order valence-corrected chi connectivity index (χ4v) is 3.30. The third-order valence-corrected chi connectivity index (χ3v) is 4.45. The average Bonchev–Trinajstić information content (AvgIpc) is 3.09. The van der Waals surface area contributed by atoms with Gasteiger partial charge in [0.05, 0.1) is 30.4 Å². The number of nitrogens with zero attached hydrogens (tertiary/aromatic N) is 4. The number of imidazole rings is 1. The molecule has 3 heterocycles. The smallest absolute Gasteiger partial charge is 0.237 e. The third-order valence-electron chi connectivity index (χ3n) is 3.24. The number of fused-ring (bicyclic) bond motifs is 1. The summed E-state index contributed by atoms with van der Waals surface area (Å²) in [6.07, 6.45) is 7.37. The molecule has 0 saturated carbocycles. The predicted octanol–water partition coefficient (Wildman–Crippen LogP) is 1.12. The summed E-state index contributed by atoms with van der Waals surface area (Å²) in [6.45, 7) is 1.58. The number of aryl methyl sites for hydroxylation is 1. The molecule has 2 N–H and O–H groups in total. The van der Waals surface area contributed by atoms with Crippen LogP contribution >= 0.6 is 11.8 Å². The molecule has 0 aromatic carbocycles. The van der Waals surface area contributed by atoms with Crippen molar-refractivity contribution >= 4 is 17.6 Å². The Kier molecular flexibility index (Phi) is 5.25. The van der Waals surface area contributed by atoms with E-state index in [1.54, 1.807) is 24.3 Å². The van der Waals surface area contributed by atoms with Crippen LogP contribution in [-0.4, -0.2) is 56.7 Å². The average molecular weight is 321 g/mol. The molecular formula is C14H19N5O2S. The van der Waals surface area contributed by atoms with Gasteiger partial charge in [-0.1, -0.05) is 0 Å². The van der Waals surface area contributed by atoms with E-state index in [0.29, 0.717) is 25.7 Å². The van der Waals surface area contributed by atoms with E-state index in [1.807, 2.05) is 10.8 Å². The van der Waals surface area contributed by atoms with Crippen LogP contribution in [0.25, 0.3) is 5.95 Å². The number of anilines is 1. The molecule has 118 valence electrons. The van der Waals surface area contributed by atoms with Crippen molar-refractivity contribution < 1.29 is 9.84 Å². The first kappa shape index (κ1) is 15.3. The maximum atomic E-state index is 8.70. The molecule has 0 saturated heterocycles. The number of ether oxygens (including phenoxy) is 1. The van der Waals surface area contributed by atoms with Gasteiger partial charge in [0, 0.05) is 18.9 Å². The van der Waals surface area contributed by atoms with Gasteiger partial charge in [-0.15, -0.1) is 11.8 Å². The van der Waals surface area contributed by atoms with E-state index in [1.165, 1.54) is 0 Å². The van der Waals surface area contributed by atoms with Crippen LogP contribution in [-0.2, 0) is 11.2 Å². The van der Waals surface area contributed by atoms with Gasteiger partial charge in [-0.25, -0.2) is 9.97 Å². The van der Waals surface area contributed by atoms with Crippen LogP contribution in [0, 0.1) is 0 Å². The van der Waals surface area contributed by atoms with E-state index >= 15 is 0 Å². The Morgan fingerprint density at radius 1 is 1.36 bits per heavy atom. The van der Waals surface area contributed by atoms with Crippen LogP contribution in [0.5, 0.6) is 0 Å². The van der Waals surface area contributed by atoms with E-state index in [4.69, 9.17) is 9.84 Å². The van der Waals surface area contributed by atoms with E-state index in [9.17, 15) is 0 Å². The van der Waals surface area contributed by atoms with Gasteiger partial charge < -0.3 is 15.2 Å². The number of hydrogen-bond donors (Lipinski definition) is 2. The molecule has 1 aliphatic rings. The lowest BCUT2D eigenvalue weighted by atomic mass is 10.2. The molecule has 22 heavy (non-hydrogen) atoms. The van der Waals surface area contributed by atoms with Crippen molar-refractivity contribution in [2.45, 2.75) is 17.7 Å². The maximum Gasteiger partial charge on any atom is 0.237 e. The Hall–Kier alpha value is -1.64. The van der Waals surface area contributed by atoms with Gasteiger partial charge in [0.2, 0.25) is 5.95 Å². The second kappa shape index (κ2) is 7.57. The summed E-state index contributed by atoms with van der Waals surface area (Å²) in [4.78, 5) is 14.5. The lowest BCUT2D eigenvalue weighted by molar-refractivity contribution is 0.0991. The first-order chi connectivity index (χ1) is 10.9. The number of aliphatic hydroxyl groups is 1. The van der Waals surface area contributed by atoms with E-state index < -0.39 is 0 Å². The second-order valence-corrected chi connectivity index (χ2v) is 5.94. The van der Waals surface area contributed by atoms with Gasteiger partial charge in [0.15, 0.2) is 0 Å². The minimum atomic E-state index is 0.0452. The third kappa shape index (κ3) is 3.57. The molecule has 0 atom stereocenters. The van der Waals surface area contributed by atoms with Crippen molar-refractivity contribution in [3.8, 4) is 5.95 Å². The van der Waals surface area contributed by atoms with Crippen molar-refractivity contribution in [2.24, 2.45) is 0 Å². The molecule has 0 radical (unpaired) electrons. The van der Waals surface area contributed by atoms with Crippen LogP contribution in [0.1, 0.15) is 12.1 Å². The van der Waals surface area contributed by atoms with Crippen molar-refractivity contribution in [3.63, 3.8) is 0 Å². The van der Waals surface area contributed by atoms with Crippen molar-refractivity contribution in [1.82, 2.24) is 19.5 Å². The standard InChI is InChI=1S/C14H19N5O2S/c20-6-8-21-7-4-16-13-12-11(2-1-9-22-12)17-14(18-13)19-5-3-15-10-19/h3,5,10,20H,1-2,4,6-9H2,(H,16,17,18). The largest absolute Gasteiger partial charge is 0.394 e. The number of aromatic nitrogens is 4. The highest BCUT2D eigenvalue weighted by atomic mass is 32.2. The molecule has 8 heteroatoms. The second-order valence-electron chi connectivity index (χ2n) is 4.83. The van der Waals surface area contributed by atoms with Crippen molar-refractivity contribution in [1.29, 1.82) is 0 Å². The lowest BCUT2D eigenvalue weighted by Gasteiger charge is -2.19. The Morgan fingerprint density at radius 3 is 3.14 bits per heavy atom. The number of hydrogen-bond acceptors (Lipinski definition) is 7. The zero-order valence-corrected chi connectivity index (χ0v) is 13.1. The zero-order chi connectivity index (χ0) is 15.2. The molecule has 0 spiro atoms. The van der Waals surface area contributed by atoms with Gasteiger partial charge in [-0.3, -0.25) is 4.57 Å². The summed E-state index contributed by atoms with van der Waals surface area (Å²) in [6, 6.07) is 0. The van der Waals surface area contributed by atoms with Gasteiger partial charge in [-0.05, 0) is 18.6 Å². The molecular weight excluding hydrogens is 302 g/mol. The molecule has 2 aromatic rings. The van der Waals surface area contributed by atoms with Crippen LogP contribution in [0.4, 0.5) is 5.82 Å². The predicted molar refractivity (Wildman–Crippen MR) is 84.6 cm³/mol. The highest BCUT2D eigenvalue weighted by Crippen LogP contribution is 2.34. The Labute approximate surface area is 133 Å². The van der Waals surface area contributed by atoms with E-state index in [-0.39, 0.29) is 6.61 Å². The summed E-state index contributed by atoms with van der Waals surface area (Å²) in [5.41, 5.74) is 1.09. The lowest BCUT2D eigenvalue weighted by Crippen LogP contribution is -2.16. The minimum absolute atomic E-state index is 0.0452. The van der Waals surface area contributed by atoms with Crippen LogP contribution in [0.15, 0.2) is 23.6 Å². The Balaban J connectivity index is 1.78. The van der Waals surface area contributed by atoms with Crippen LogP contribution in [0.3, 0.4) is 0 Å². The molecule has 3 rings (SSSR count). The van der Waals surface area contributed by atoms with Gasteiger partial charge >= 0.3 is 0 Å². The molecule has 0 aliphatic carbocycles. The maximum absolute atomic E-state index is 8.70. The van der Waals surface area contributed by atoms with E-state index in [0.717, 1.165) is 35.0 Å². The number of aliphatic hydroxyl groups excluding tert-OH is 1. The van der Waals surface area contributed by atoms with E-state index in [2.05, 4.69) is 20.3 Å². The topological polar surface area (TPSA) is 85.1 Å². The molecule has 7 nitrogen and oxygen atoms in total. The SMILES string of the molecule is OCCOCCNc1nc(-n2ccnc2)nc2c1SCCC2. The number of thioether (sulfide) groups is 1. The Morgan fingerprint density at radius 2 is 2.32 bits per heavy atom. The molecule has 0 fully saturated rings. The fourth-order valence-electron chi connectivity index (χ4n) is 2.24. The molecule has 0 unspecified atom stereocenters. The normalized spacial score (nSPS) is 13.9. The summed E-state index contributed by atoms with van der Waals surface area (Å²) < 4.78 is 7.09. The quantitative estimate of drug-likeness (QED) is 0.739. The zero-order valence-electron chi connectivity index (χ0n) is 12.2. The summed E-state index contributed by atoms with van der Waals surface area (Å²) in [5.74, 6) is 2.58. The summed E-state index contributed by atoms with van der Waals surface area (Å²) >= 11 is 1.80. The highest BCUT2D eigenvalue weighted by Gasteiger charge is 2.18. The monoisotopic (exact) mass is 321 g/mol. The summed E-state index contributed by atoms with van der Waals surface area (Å²) in [5, 5.41) is 12.0. The minimum Gasteiger partial charge on any atom is -0.394 e. The van der Waals surface area contributed by atoms with Gasteiger partial charge in [-0.2, -0.15) is 4.98 Å². The van der Waals surface area contributed by atoms with Crippen molar-refractivity contribution in [3.05, 3.63) is 24.4 Å². The van der Waals surface area contributed by atoms with Gasteiger partial charge in [0.25, 0.3) is 0 Å². The number of rotatable bonds is 7. The first-order valence-corrected chi connectivity index (χ1v) is 8.31. The fraction of sp³-hybridized carbons (Fsp3) is 0.500. The molecule has 0 amide bonds. The first-order valence-electron chi connectivity index (χ1n) is 7.33. The molecule has 2 aromatic heterocycles. The van der Waals surface area contributed by atoms with Crippen molar-refractivity contribution in [2.75, 3.05) is 37.4 Å². The highest BCUT2D eigenvalue weighted by molar-refractivity contribution is 7.99. The Bertz CT molecular complexity index is 606. The molecule has 0 bridgehead atoms. The van der Waals surface area contributed by atoms with Crippen LogP contribution < -0.4 is 5.32 Å². The van der Waals surface area contributed by atoms with Gasteiger partial charge in [0.1, 0.15) is 12.1 Å². The van der Waals surface area contributed by atoms with Crippen LogP contribution in [0.2, 0.25) is 0 Å². The summed E-state index contributed by atoms with van der Waals surface area (Å²) in [7, 11) is 0.